The maximum absolute atomic E-state index is 7.49. The van der Waals surface area contributed by atoms with Crippen LogP contribution in [0.2, 0.25) is 0 Å². The standard InChI is InChI=1S/C11H9N7S/c12-9(13)8-10(15-5-4-14-8)19-11-17-16-7-3-1-2-6-18(7)11/h1-6H,(H3,12,13). The first-order valence-electron chi connectivity index (χ1n) is 5.39. The summed E-state index contributed by atoms with van der Waals surface area (Å²) in [6, 6.07) is 5.64. The Morgan fingerprint density at radius 2 is 2.05 bits per heavy atom. The Kier molecular flexibility index (Phi) is 2.84. The molecule has 3 aromatic heterocycles. The van der Waals surface area contributed by atoms with Crippen LogP contribution in [0.1, 0.15) is 5.69 Å². The third-order valence-corrected chi connectivity index (χ3v) is 3.34. The van der Waals surface area contributed by atoms with E-state index in [0.717, 1.165) is 5.65 Å². The summed E-state index contributed by atoms with van der Waals surface area (Å²) in [6.45, 7) is 0. The van der Waals surface area contributed by atoms with Crippen LogP contribution in [0.4, 0.5) is 0 Å². The molecule has 7 nitrogen and oxygen atoms in total. The molecule has 3 rings (SSSR count). The van der Waals surface area contributed by atoms with Crippen LogP contribution in [0, 0.1) is 5.41 Å². The molecule has 94 valence electrons. The highest BCUT2D eigenvalue weighted by Crippen LogP contribution is 2.26. The number of hydrogen-bond donors (Lipinski definition) is 2. The summed E-state index contributed by atoms with van der Waals surface area (Å²) in [6.07, 6.45) is 4.92. The number of aromatic nitrogens is 5. The third kappa shape index (κ3) is 2.13. The predicted molar refractivity (Wildman–Crippen MR) is 70.2 cm³/mol. The van der Waals surface area contributed by atoms with E-state index in [1.54, 1.807) is 6.20 Å². The van der Waals surface area contributed by atoms with Gasteiger partial charge in [-0.05, 0) is 23.9 Å². The minimum absolute atomic E-state index is 0.121. The molecule has 0 radical (unpaired) electrons. The van der Waals surface area contributed by atoms with Gasteiger partial charge in [0.25, 0.3) is 0 Å². The Labute approximate surface area is 112 Å². The second kappa shape index (κ2) is 4.65. The smallest absolute Gasteiger partial charge is 0.201 e. The van der Waals surface area contributed by atoms with Crippen molar-refractivity contribution in [3.8, 4) is 0 Å². The van der Waals surface area contributed by atoms with E-state index in [4.69, 9.17) is 11.1 Å². The zero-order valence-corrected chi connectivity index (χ0v) is 10.5. The first kappa shape index (κ1) is 11.6. The van der Waals surface area contributed by atoms with Gasteiger partial charge in [-0.2, -0.15) is 0 Å². The number of nitrogens with two attached hydrogens (primary N) is 1. The largest absolute Gasteiger partial charge is 0.382 e. The molecule has 0 fully saturated rings. The molecule has 19 heavy (non-hydrogen) atoms. The summed E-state index contributed by atoms with van der Waals surface area (Å²) in [5, 5.41) is 16.8. The second-order valence-corrected chi connectivity index (χ2v) is 4.59. The van der Waals surface area contributed by atoms with Crippen molar-refractivity contribution >= 4 is 23.2 Å². The molecule has 8 heteroatoms. The number of nitrogens with zero attached hydrogens (tertiary/aromatic N) is 5. The van der Waals surface area contributed by atoms with Crippen LogP contribution in [0.25, 0.3) is 5.65 Å². The Morgan fingerprint density at radius 3 is 2.89 bits per heavy atom. The molecule has 0 saturated carbocycles. The molecule has 0 spiro atoms. The van der Waals surface area contributed by atoms with Crippen LogP contribution in [-0.4, -0.2) is 30.4 Å². The van der Waals surface area contributed by atoms with Crippen LogP contribution in [-0.2, 0) is 0 Å². The van der Waals surface area contributed by atoms with Crippen LogP contribution in [0.15, 0.2) is 47.0 Å². The highest BCUT2D eigenvalue weighted by atomic mass is 32.2. The van der Waals surface area contributed by atoms with Gasteiger partial charge in [0.1, 0.15) is 16.6 Å². The maximum atomic E-state index is 7.49. The van der Waals surface area contributed by atoms with Crippen molar-refractivity contribution < 1.29 is 0 Å². The quantitative estimate of drug-likeness (QED) is 0.542. The molecule has 3 heterocycles. The van der Waals surface area contributed by atoms with Crippen LogP contribution in [0.3, 0.4) is 0 Å². The van der Waals surface area contributed by atoms with E-state index in [9.17, 15) is 0 Å². The zero-order chi connectivity index (χ0) is 13.2. The van der Waals surface area contributed by atoms with Crippen molar-refractivity contribution in [1.82, 2.24) is 24.6 Å². The molecular weight excluding hydrogens is 262 g/mol. The first-order valence-corrected chi connectivity index (χ1v) is 6.20. The molecule has 0 aliphatic carbocycles. The zero-order valence-electron chi connectivity index (χ0n) is 9.69. The van der Waals surface area contributed by atoms with Gasteiger partial charge < -0.3 is 5.73 Å². The normalized spacial score (nSPS) is 10.7. The Hall–Kier alpha value is -2.48. The Morgan fingerprint density at radius 1 is 1.21 bits per heavy atom. The van der Waals surface area contributed by atoms with Gasteiger partial charge in [-0.25, -0.2) is 9.97 Å². The van der Waals surface area contributed by atoms with E-state index >= 15 is 0 Å². The van der Waals surface area contributed by atoms with Gasteiger partial charge in [-0.3, -0.25) is 9.81 Å². The van der Waals surface area contributed by atoms with Gasteiger partial charge in [0.15, 0.2) is 5.65 Å². The van der Waals surface area contributed by atoms with Gasteiger partial charge in [0, 0.05) is 18.6 Å². The monoisotopic (exact) mass is 271 g/mol. The van der Waals surface area contributed by atoms with Gasteiger partial charge in [-0.15, -0.1) is 10.2 Å². The summed E-state index contributed by atoms with van der Waals surface area (Å²) in [4.78, 5) is 8.23. The lowest BCUT2D eigenvalue weighted by Crippen LogP contribution is -2.15. The average Bonchev–Trinajstić information content (AvgIpc) is 2.83. The summed E-state index contributed by atoms with van der Waals surface area (Å²) in [5.74, 6) is -0.121. The SMILES string of the molecule is N=C(N)c1nccnc1Sc1nnc2ccccn12. The van der Waals surface area contributed by atoms with Crippen molar-refractivity contribution in [3.63, 3.8) is 0 Å². The molecule has 0 unspecified atom stereocenters. The minimum Gasteiger partial charge on any atom is -0.382 e. The molecule has 0 saturated heterocycles. The number of nitrogen functional groups attached to an aromatic ring is 1. The molecule has 0 atom stereocenters. The Bertz CT molecular complexity index is 751. The molecule has 0 bridgehead atoms. The van der Waals surface area contributed by atoms with Crippen molar-refractivity contribution in [2.24, 2.45) is 5.73 Å². The van der Waals surface area contributed by atoms with Gasteiger partial charge in [-0.1, -0.05) is 6.07 Å². The fourth-order valence-corrected chi connectivity index (χ4v) is 2.44. The van der Waals surface area contributed by atoms with Gasteiger partial charge in [0.05, 0.1) is 0 Å². The number of amidine groups is 1. The lowest BCUT2D eigenvalue weighted by atomic mass is 10.4. The first-order chi connectivity index (χ1) is 9.25. The van der Waals surface area contributed by atoms with Gasteiger partial charge in [0.2, 0.25) is 5.16 Å². The summed E-state index contributed by atoms with van der Waals surface area (Å²) >= 11 is 1.27. The van der Waals surface area contributed by atoms with E-state index < -0.39 is 0 Å². The number of nitrogens with one attached hydrogen (secondary N) is 1. The van der Waals surface area contributed by atoms with Crippen molar-refractivity contribution in [1.29, 1.82) is 5.41 Å². The van der Waals surface area contributed by atoms with E-state index in [0.29, 0.717) is 15.9 Å². The lowest BCUT2D eigenvalue weighted by Gasteiger charge is -2.03. The third-order valence-electron chi connectivity index (χ3n) is 2.39. The van der Waals surface area contributed by atoms with Crippen molar-refractivity contribution in [2.75, 3.05) is 0 Å². The summed E-state index contributed by atoms with van der Waals surface area (Å²) < 4.78 is 1.84. The van der Waals surface area contributed by atoms with E-state index in [1.165, 1.54) is 18.0 Å². The molecule has 3 aromatic rings. The van der Waals surface area contributed by atoms with Crippen molar-refractivity contribution in [2.45, 2.75) is 10.2 Å². The lowest BCUT2D eigenvalue weighted by molar-refractivity contribution is 0.912. The van der Waals surface area contributed by atoms with Crippen molar-refractivity contribution in [3.05, 3.63) is 42.5 Å². The highest BCUT2D eigenvalue weighted by molar-refractivity contribution is 7.99. The minimum atomic E-state index is -0.121. The van der Waals surface area contributed by atoms with Crippen LogP contribution >= 0.6 is 11.8 Å². The summed E-state index contributed by atoms with van der Waals surface area (Å²) in [7, 11) is 0. The molecule has 0 aliphatic rings. The number of fused-ring (bicyclic) bond motifs is 1. The molecule has 3 N–H and O–H groups in total. The number of hydrogen-bond acceptors (Lipinski definition) is 6. The number of pyridine rings is 1. The van der Waals surface area contributed by atoms with E-state index in [-0.39, 0.29) is 5.84 Å². The summed E-state index contributed by atoms with van der Waals surface area (Å²) in [5.41, 5.74) is 6.58. The molecule has 0 aliphatic heterocycles. The predicted octanol–water partition coefficient (Wildman–Crippen LogP) is 0.955. The van der Waals surface area contributed by atoms with Gasteiger partial charge >= 0.3 is 0 Å². The highest BCUT2D eigenvalue weighted by Gasteiger charge is 2.13. The Balaban J connectivity index is 2.04. The van der Waals surface area contributed by atoms with E-state index in [2.05, 4.69) is 20.2 Å². The van der Waals surface area contributed by atoms with Crippen LogP contribution < -0.4 is 5.73 Å². The molecular formula is C11H9N7S. The van der Waals surface area contributed by atoms with E-state index in [1.807, 2.05) is 28.8 Å². The van der Waals surface area contributed by atoms with Crippen LogP contribution in [0.5, 0.6) is 0 Å². The maximum Gasteiger partial charge on any atom is 0.201 e. The number of rotatable bonds is 3. The second-order valence-electron chi connectivity index (χ2n) is 3.64. The fraction of sp³-hybridized carbons (Fsp3) is 0. The molecule has 0 aromatic carbocycles. The average molecular weight is 271 g/mol. The fourth-order valence-electron chi connectivity index (χ4n) is 1.56. The molecule has 0 amide bonds. The topological polar surface area (TPSA) is 106 Å².